The highest BCUT2D eigenvalue weighted by molar-refractivity contribution is 7.89. The Kier molecular flexibility index (Phi) is 4.86. The fourth-order valence-electron chi connectivity index (χ4n) is 3.62. The molecular formula is C19H20ClN5O3S2. The van der Waals surface area contributed by atoms with Gasteiger partial charge in [-0.1, -0.05) is 11.6 Å². The molecule has 1 fully saturated rings. The second kappa shape index (κ2) is 7.31. The van der Waals surface area contributed by atoms with E-state index in [1.54, 1.807) is 24.3 Å². The molecule has 1 amide bonds. The van der Waals surface area contributed by atoms with Gasteiger partial charge in [-0.2, -0.15) is 0 Å². The largest absolute Gasteiger partial charge is 0.346 e. The van der Waals surface area contributed by atoms with Crippen LogP contribution in [0.4, 0.5) is 0 Å². The summed E-state index contributed by atoms with van der Waals surface area (Å²) in [4.78, 5) is 23.2. The molecular weight excluding hydrogens is 446 g/mol. The van der Waals surface area contributed by atoms with Crippen LogP contribution in [0.1, 0.15) is 26.8 Å². The number of benzene rings is 1. The molecule has 3 N–H and O–H groups in total. The normalized spacial score (nSPS) is 21.5. The van der Waals surface area contributed by atoms with E-state index in [0.29, 0.717) is 22.0 Å². The smallest absolute Gasteiger partial charge is 0.280 e. The second-order valence-corrected chi connectivity index (χ2v) is 11.0. The first-order valence-electron chi connectivity index (χ1n) is 9.57. The molecule has 5 rings (SSSR count). The molecule has 1 aromatic carbocycles. The highest BCUT2D eigenvalue weighted by atomic mass is 35.5. The minimum Gasteiger partial charge on any atom is -0.346 e. The average molecular weight is 466 g/mol. The summed E-state index contributed by atoms with van der Waals surface area (Å²) in [6.45, 7) is 1.74. The third-order valence-corrected chi connectivity index (χ3v) is 8.11. The molecule has 3 aromatic rings. The third kappa shape index (κ3) is 3.85. The summed E-state index contributed by atoms with van der Waals surface area (Å²) in [5, 5.41) is 4.67. The molecule has 8 nitrogen and oxygen atoms in total. The molecule has 2 aliphatic rings. The molecule has 0 saturated heterocycles. The van der Waals surface area contributed by atoms with Gasteiger partial charge in [0.1, 0.15) is 5.03 Å². The Labute approximate surface area is 182 Å². The second-order valence-electron chi connectivity index (χ2n) is 7.79. The molecule has 30 heavy (non-hydrogen) atoms. The Hall–Kier alpha value is -1.98. The van der Waals surface area contributed by atoms with Crippen molar-refractivity contribution >= 4 is 49.8 Å². The quantitative estimate of drug-likeness (QED) is 0.535. The summed E-state index contributed by atoms with van der Waals surface area (Å²) in [6.07, 6.45) is 1.39. The van der Waals surface area contributed by atoms with E-state index in [-0.39, 0.29) is 23.0 Å². The zero-order valence-electron chi connectivity index (χ0n) is 16.1. The van der Waals surface area contributed by atoms with Crippen molar-refractivity contribution in [3.05, 3.63) is 44.9 Å². The minimum absolute atomic E-state index is 0.0773. The summed E-state index contributed by atoms with van der Waals surface area (Å²) in [5.41, 5.74) is 1.69. The first kappa shape index (κ1) is 20.0. The number of carbonyl (C=O) groups excluding carboxylic acids is 1. The number of aromatic nitrogens is 2. The van der Waals surface area contributed by atoms with Gasteiger partial charge in [-0.3, -0.25) is 4.79 Å². The standard InChI is InChI=1S/C19H20ClN5O3S2/c1-25-5-4-13-16(9-25)29-19(23-13)18(26)22-14-8-15(14)24-30(27,28)17-7-10-6-11(20)2-3-12(10)21-17/h2-3,6-7,14-15,21,24H,4-5,8-9H2,1H3,(H,22,26)/t14-,15-/m1/s1. The van der Waals surface area contributed by atoms with Crippen LogP contribution in [0.3, 0.4) is 0 Å². The number of hydrogen-bond donors (Lipinski definition) is 3. The number of halogens is 1. The highest BCUT2D eigenvalue weighted by Crippen LogP contribution is 2.28. The molecule has 0 bridgehead atoms. The molecule has 1 aliphatic carbocycles. The van der Waals surface area contributed by atoms with Crippen molar-refractivity contribution in [1.29, 1.82) is 0 Å². The lowest BCUT2D eigenvalue weighted by Crippen LogP contribution is -2.34. The first-order valence-corrected chi connectivity index (χ1v) is 12.2. The summed E-state index contributed by atoms with van der Waals surface area (Å²) in [5.74, 6) is -0.246. The van der Waals surface area contributed by atoms with E-state index >= 15 is 0 Å². The number of sulfonamides is 1. The predicted octanol–water partition coefficient (Wildman–Crippen LogP) is 2.11. The Morgan fingerprint density at radius 1 is 1.33 bits per heavy atom. The molecule has 0 unspecified atom stereocenters. The van der Waals surface area contributed by atoms with E-state index in [1.165, 1.54) is 11.3 Å². The Bertz CT molecular complexity index is 1250. The number of nitrogens with one attached hydrogen (secondary N) is 3. The Morgan fingerprint density at radius 2 is 2.17 bits per heavy atom. The number of aromatic amines is 1. The maximum absolute atomic E-state index is 12.7. The zero-order chi connectivity index (χ0) is 21.0. The van der Waals surface area contributed by atoms with Gasteiger partial charge in [0, 0.05) is 52.4 Å². The molecule has 0 spiro atoms. The number of H-pyrrole nitrogens is 1. The van der Waals surface area contributed by atoms with Crippen molar-refractivity contribution in [3.8, 4) is 0 Å². The highest BCUT2D eigenvalue weighted by Gasteiger charge is 2.42. The van der Waals surface area contributed by atoms with Gasteiger partial charge in [-0.05, 0) is 37.7 Å². The van der Waals surface area contributed by atoms with E-state index in [0.717, 1.165) is 35.5 Å². The molecule has 158 valence electrons. The monoisotopic (exact) mass is 465 g/mol. The van der Waals surface area contributed by atoms with Crippen LogP contribution in [-0.4, -0.2) is 54.9 Å². The number of amides is 1. The lowest BCUT2D eigenvalue weighted by Gasteiger charge is -2.20. The van der Waals surface area contributed by atoms with Gasteiger partial charge in [0.05, 0.1) is 5.69 Å². The van der Waals surface area contributed by atoms with Gasteiger partial charge in [-0.15, -0.1) is 11.3 Å². The van der Waals surface area contributed by atoms with Crippen LogP contribution in [-0.2, 0) is 23.0 Å². The fraction of sp³-hybridized carbons (Fsp3) is 0.368. The summed E-state index contributed by atoms with van der Waals surface area (Å²) >= 11 is 7.38. The molecule has 11 heteroatoms. The number of hydrogen-bond acceptors (Lipinski definition) is 6. The first-order chi connectivity index (χ1) is 14.3. The minimum atomic E-state index is -3.73. The van der Waals surface area contributed by atoms with Crippen molar-refractivity contribution in [3.63, 3.8) is 0 Å². The van der Waals surface area contributed by atoms with Crippen molar-refractivity contribution in [2.45, 2.75) is 36.5 Å². The Balaban J connectivity index is 1.23. The van der Waals surface area contributed by atoms with Gasteiger partial charge < -0.3 is 15.2 Å². The SMILES string of the molecule is CN1CCc2nc(C(=O)N[C@@H]3C[C@H]3NS(=O)(=O)c3cc4cc(Cl)ccc4[nH]3)sc2C1. The number of fused-ring (bicyclic) bond motifs is 2. The summed E-state index contributed by atoms with van der Waals surface area (Å²) in [6, 6.07) is 6.12. The van der Waals surface area contributed by atoms with Gasteiger partial charge >= 0.3 is 0 Å². The van der Waals surface area contributed by atoms with Crippen LogP contribution in [0.5, 0.6) is 0 Å². The van der Waals surface area contributed by atoms with Crippen molar-refractivity contribution in [1.82, 2.24) is 24.9 Å². The van der Waals surface area contributed by atoms with Crippen molar-refractivity contribution < 1.29 is 13.2 Å². The van der Waals surface area contributed by atoms with E-state index in [1.807, 2.05) is 7.05 Å². The van der Waals surface area contributed by atoms with E-state index < -0.39 is 10.0 Å². The van der Waals surface area contributed by atoms with Gasteiger partial charge in [-0.25, -0.2) is 18.1 Å². The fourth-order valence-corrected chi connectivity index (χ4v) is 6.20. The summed E-state index contributed by atoms with van der Waals surface area (Å²) < 4.78 is 28.1. The lowest BCUT2D eigenvalue weighted by atomic mass is 10.2. The maximum atomic E-state index is 12.7. The average Bonchev–Trinajstić information content (AvgIpc) is 3.09. The molecule has 1 aliphatic heterocycles. The maximum Gasteiger partial charge on any atom is 0.280 e. The van der Waals surface area contributed by atoms with E-state index in [9.17, 15) is 13.2 Å². The van der Waals surface area contributed by atoms with Gasteiger partial charge in [0.15, 0.2) is 5.01 Å². The van der Waals surface area contributed by atoms with Crippen LogP contribution >= 0.6 is 22.9 Å². The molecule has 2 aromatic heterocycles. The summed E-state index contributed by atoms with van der Waals surface area (Å²) in [7, 11) is -1.69. The van der Waals surface area contributed by atoms with Crippen molar-refractivity contribution in [2.24, 2.45) is 0 Å². The number of likely N-dealkylation sites (N-methyl/N-ethyl adjacent to an activating group) is 1. The third-order valence-electron chi connectivity index (χ3n) is 5.38. The van der Waals surface area contributed by atoms with Crippen LogP contribution < -0.4 is 10.0 Å². The zero-order valence-corrected chi connectivity index (χ0v) is 18.5. The van der Waals surface area contributed by atoms with Gasteiger partial charge in [0.2, 0.25) is 0 Å². The number of thiazole rings is 1. The predicted molar refractivity (Wildman–Crippen MR) is 115 cm³/mol. The Morgan fingerprint density at radius 3 is 3.00 bits per heavy atom. The molecule has 2 atom stereocenters. The van der Waals surface area contributed by atoms with Crippen LogP contribution in [0.15, 0.2) is 29.3 Å². The van der Waals surface area contributed by atoms with Crippen LogP contribution in [0, 0.1) is 0 Å². The molecule has 1 saturated carbocycles. The number of nitrogens with zero attached hydrogens (tertiary/aromatic N) is 2. The number of carbonyl (C=O) groups is 1. The van der Waals surface area contributed by atoms with Crippen LogP contribution in [0.25, 0.3) is 10.9 Å². The van der Waals surface area contributed by atoms with Crippen LogP contribution in [0.2, 0.25) is 5.02 Å². The van der Waals surface area contributed by atoms with Crippen molar-refractivity contribution in [2.75, 3.05) is 13.6 Å². The molecule has 3 heterocycles. The number of rotatable bonds is 5. The van der Waals surface area contributed by atoms with E-state index in [4.69, 9.17) is 11.6 Å². The van der Waals surface area contributed by atoms with E-state index in [2.05, 4.69) is 24.9 Å². The molecule has 0 radical (unpaired) electrons. The lowest BCUT2D eigenvalue weighted by molar-refractivity contribution is 0.0949. The topological polar surface area (TPSA) is 107 Å². The van der Waals surface area contributed by atoms with Gasteiger partial charge in [0.25, 0.3) is 15.9 Å².